The Morgan fingerprint density at radius 1 is 1.06 bits per heavy atom. The molecule has 1 aromatic rings. The van der Waals surface area contributed by atoms with Gasteiger partial charge in [0.25, 0.3) is 0 Å². The molecular formula is C13H18F2Si. The van der Waals surface area contributed by atoms with Crippen LogP contribution < -0.4 is 5.19 Å². The van der Waals surface area contributed by atoms with E-state index in [0.29, 0.717) is 5.19 Å². The van der Waals surface area contributed by atoms with E-state index < -0.39 is 8.74 Å². The Labute approximate surface area is 97.0 Å². The lowest BCUT2D eigenvalue weighted by atomic mass is 10.0. The number of benzene rings is 1. The molecule has 0 saturated heterocycles. The van der Waals surface area contributed by atoms with E-state index in [4.69, 9.17) is 0 Å². The Morgan fingerprint density at radius 3 is 2.31 bits per heavy atom. The zero-order valence-corrected chi connectivity index (χ0v) is 10.7. The van der Waals surface area contributed by atoms with Crippen molar-refractivity contribution in [2.45, 2.75) is 44.6 Å². The van der Waals surface area contributed by atoms with E-state index in [1.165, 1.54) is 0 Å². The summed E-state index contributed by atoms with van der Waals surface area (Å²) in [5.74, 6) is 0. The van der Waals surface area contributed by atoms with E-state index in [2.05, 4.69) is 0 Å². The van der Waals surface area contributed by atoms with Crippen LogP contribution in [0.2, 0.25) is 5.54 Å². The summed E-state index contributed by atoms with van der Waals surface area (Å²) in [4.78, 5) is 0. The zero-order chi connectivity index (χ0) is 11.6. The fourth-order valence-corrected chi connectivity index (χ4v) is 5.13. The maximum Gasteiger partial charge on any atom is 0.458 e. The second kappa shape index (κ2) is 4.66. The Balaban J connectivity index is 2.26. The highest BCUT2D eigenvalue weighted by atomic mass is 28.4. The summed E-state index contributed by atoms with van der Waals surface area (Å²) in [6, 6.07) is 7.02. The minimum atomic E-state index is -4.22. The maximum atomic E-state index is 14.4. The first-order valence-corrected chi connectivity index (χ1v) is 7.89. The molecule has 1 aliphatic rings. The van der Waals surface area contributed by atoms with Crippen molar-refractivity contribution in [1.29, 1.82) is 0 Å². The van der Waals surface area contributed by atoms with E-state index in [9.17, 15) is 8.22 Å². The molecule has 0 nitrogen and oxygen atoms in total. The van der Waals surface area contributed by atoms with Gasteiger partial charge in [-0.1, -0.05) is 43.5 Å². The number of hydrogen-bond acceptors (Lipinski definition) is 0. The summed E-state index contributed by atoms with van der Waals surface area (Å²) >= 11 is 0. The molecule has 3 heteroatoms. The molecule has 0 atom stereocenters. The monoisotopic (exact) mass is 240 g/mol. The lowest BCUT2D eigenvalue weighted by molar-refractivity contribution is 0.443. The highest BCUT2D eigenvalue weighted by molar-refractivity contribution is 6.81. The third-order valence-corrected chi connectivity index (χ3v) is 6.50. The van der Waals surface area contributed by atoms with E-state index in [-0.39, 0.29) is 5.54 Å². The van der Waals surface area contributed by atoms with Gasteiger partial charge < -0.3 is 0 Å². The van der Waals surface area contributed by atoms with Crippen LogP contribution in [-0.2, 0) is 0 Å². The third-order valence-electron chi connectivity index (χ3n) is 3.62. The van der Waals surface area contributed by atoms with E-state index >= 15 is 0 Å². The molecule has 16 heavy (non-hydrogen) atoms. The second-order valence-corrected chi connectivity index (χ2v) is 7.37. The van der Waals surface area contributed by atoms with Gasteiger partial charge >= 0.3 is 8.74 Å². The fraction of sp³-hybridized carbons (Fsp3) is 0.538. The van der Waals surface area contributed by atoms with Crippen LogP contribution in [0, 0.1) is 6.92 Å². The van der Waals surface area contributed by atoms with Gasteiger partial charge in [0.05, 0.1) is 0 Å². The van der Waals surface area contributed by atoms with Crippen molar-refractivity contribution in [2.75, 3.05) is 0 Å². The normalized spacial score (nSPS) is 18.7. The van der Waals surface area contributed by atoms with E-state index in [1.807, 2.05) is 6.07 Å². The molecule has 0 spiro atoms. The molecule has 0 N–H and O–H groups in total. The van der Waals surface area contributed by atoms with Crippen LogP contribution in [0.5, 0.6) is 0 Å². The van der Waals surface area contributed by atoms with Crippen molar-refractivity contribution in [1.82, 2.24) is 0 Å². The number of rotatable bonds is 2. The lowest BCUT2D eigenvalue weighted by Gasteiger charge is -2.28. The Kier molecular flexibility index (Phi) is 3.43. The number of halogens is 2. The first-order valence-electron chi connectivity index (χ1n) is 6.06. The molecule has 88 valence electrons. The standard InChI is InChI=1S/C13H18F2Si/c1-11-7-5-6-10-13(11)16(14,15)12-8-3-2-4-9-12/h5-7,10,12H,2-4,8-9H2,1H3. The van der Waals surface area contributed by atoms with Crippen molar-refractivity contribution in [3.05, 3.63) is 29.8 Å². The minimum Gasteiger partial charge on any atom is -0.264 e. The molecule has 1 fully saturated rings. The van der Waals surface area contributed by atoms with E-state index in [1.54, 1.807) is 25.1 Å². The number of hydrogen-bond donors (Lipinski definition) is 0. The molecule has 0 amide bonds. The first kappa shape index (κ1) is 11.8. The quantitative estimate of drug-likeness (QED) is 0.543. The Hall–Kier alpha value is -0.703. The van der Waals surface area contributed by atoms with Gasteiger partial charge in [-0.2, -0.15) is 0 Å². The van der Waals surface area contributed by atoms with Crippen LogP contribution in [0.1, 0.15) is 37.7 Å². The summed E-state index contributed by atoms with van der Waals surface area (Å²) in [7, 11) is -4.22. The van der Waals surface area contributed by atoms with E-state index in [0.717, 1.165) is 37.7 Å². The van der Waals surface area contributed by atoms with Crippen molar-refractivity contribution in [3.63, 3.8) is 0 Å². The SMILES string of the molecule is Cc1ccccc1[Si](F)(F)C1CCCCC1. The van der Waals surface area contributed by atoms with Crippen LogP contribution >= 0.6 is 0 Å². The molecule has 0 radical (unpaired) electrons. The molecule has 0 bridgehead atoms. The molecule has 1 aromatic carbocycles. The molecule has 2 rings (SSSR count). The van der Waals surface area contributed by atoms with Gasteiger partial charge in [0.2, 0.25) is 0 Å². The van der Waals surface area contributed by atoms with Gasteiger partial charge in [-0.05, 0) is 25.3 Å². The van der Waals surface area contributed by atoms with Gasteiger partial charge in [0.15, 0.2) is 0 Å². The second-order valence-electron chi connectivity index (χ2n) is 4.77. The van der Waals surface area contributed by atoms with Crippen molar-refractivity contribution in [3.8, 4) is 0 Å². The van der Waals surface area contributed by atoms with Crippen LogP contribution in [0.25, 0.3) is 0 Å². The molecule has 1 saturated carbocycles. The largest absolute Gasteiger partial charge is 0.458 e. The van der Waals surface area contributed by atoms with Gasteiger partial charge in [0.1, 0.15) is 0 Å². The molecule has 1 aliphatic carbocycles. The highest BCUT2D eigenvalue weighted by Crippen LogP contribution is 2.38. The molecule has 0 aromatic heterocycles. The van der Waals surface area contributed by atoms with Gasteiger partial charge in [-0.15, -0.1) is 0 Å². The molecular weight excluding hydrogens is 222 g/mol. The Bertz CT molecular complexity index is 357. The maximum absolute atomic E-state index is 14.4. The van der Waals surface area contributed by atoms with Crippen molar-refractivity contribution in [2.24, 2.45) is 0 Å². The Morgan fingerprint density at radius 2 is 1.69 bits per heavy atom. The predicted molar refractivity (Wildman–Crippen MR) is 65.6 cm³/mol. The van der Waals surface area contributed by atoms with Crippen molar-refractivity contribution >= 4 is 13.9 Å². The van der Waals surface area contributed by atoms with Gasteiger partial charge in [-0.3, -0.25) is 8.22 Å². The van der Waals surface area contributed by atoms with Gasteiger partial charge in [0, 0.05) is 10.7 Å². The van der Waals surface area contributed by atoms with Gasteiger partial charge in [-0.25, -0.2) is 0 Å². The lowest BCUT2D eigenvalue weighted by Crippen LogP contribution is -2.45. The average Bonchev–Trinajstić information content (AvgIpc) is 2.30. The molecule has 0 heterocycles. The summed E-state index contributed by atoms with van der Waals surface area (Å²) in [6.45, 7) is 1.80. The number of aryl methyl sites for hydroxylation is 1. The van der Waals surface area contributed by atoms with Crippen LogP contribution in [0.15, 0.2) is 24.3 Å². The summed E-state index contributed by atoms with van der Waals surface area (Å²) in [5.41, 5.74) is 0.451. The molecule has 0 aliphatic heterocycles. The molecule has 0 unspecified atom stereocenters. The third kappa shape index (κ3) is 2.19. The predicted octanol–water partition coefficient (Wildman–Crippen LogP) is 3.92. The summed E-state index contributed by atoms with van der Waals surface area (Å²) in [6.07, 6.45) is 4.56. The van der Waals surface area contributed by atoms with Crippen molar-refractivity contribution < 1.29 is 8.22 Å². The summed E-state index contributed by atoms with van der Waals surface area (Å²) < 4.78 is 28.9. The van der Waals surface area contributed by atoms with Crippen LogP contribution in [0.4, 0.5) is 8.22 Å². The topological polar surface area (TPSA) is 0 Å². The minimum absolute atomic E-state index is 0.317. The smallest absolute Gasteiger partial charge is 0.264 e. The zero-order valence-electron chi connectivity index (χ0n) is 9.68. The fourth-order valence-electron chi connectivity index (χ4n) is 2.63. The van der Waals surface area contributed by atoms with Crippen LogP contribution in [-0.4, -0.2) is 8.74 Å². The summed E-state index contributed by atoms with van der Waals surface area (Å²) in [5, 5.41) is 0.363. The first-order chi connectivity index (χ1) is 7.62. The highest BCUT2D eigenvalue weighted by Gasteiger charge is 2.47. The van der Waals surface area contributed by atoms with Crippen LogP contribution in [0.3, 0.4) is 0 Å². The average molecular weight is 240 g/mol.